The maximum absolute atomic E-state index is 12.2. The van der Waals surface area contributed by atoms with Crippen molar-refractivity contribution in [2.45, 2.75) is 25.0 Å². The monoisotopic (exact) mass is 386 g/mol. The van der Waals surface area contributed by atoms with Crippen LogP contribution in [-0.4, -0.2) is 11.4 Å². The van der Waals surface area contributed by atoms with E-state index in [0.29, 0.717) is 24.2 Å². The zero-order valence-electron chi connectivity index (χ0n) is 15.9. The third kappa shape index (κ3) is 4.73. The van der Waals surface area contributed by atoms with Gasteiger partial charge in [-0.3, -0.25) is 0 Å². The average molecular weight is 386 g/mol. The molecule has 0 aliphatic rings. The van der Waals surface area contributed by atoms with E-state index in [9.17, 15) is 9.90 Å². The summed E-state index contributed by atoms with van der Waals surface area (Å²) >= 11 is 0. The van der Waals surface area contributed by atoms with Crippen molar-refractivity contribution in [1.82, 2.24) is 0 Å². The second-order valence-corrected chi connectivity index (χ2v) is 7.02. The molecule has 0 saturated heterocycles. The Kier molecular flexibility index (Phi) is 5.73. The maximum atomic E-state index is 12.2. The topological polar surface area (TPSA) is 59.7 Å². The predicted molar refractivity (Wildman–Crippen MR) is 113 cm³/mol. The summed E-state index contributed by atoms with van der Waals surface area (Å²) in [4.78, 5) is 12.2. The summed E-state index contributed by atoms with van der Waals surface area (Å²) in [5.74, 6) is 0.487. The van der Waals surface area contributed by atoms with Gasteiger partial charge in [0.2, 0.25) is 0 Å². The molecule has 29 heavy (non-hydrogen) atoms. The molecule has 1 N–H and O–H groups in total. The van der Waals surface area contributed by atoms with Crippen LogP contribution in [0.5, 0.6) is 5.75 Å². The molecular formula is C25H22O4. The van der Waals surface area contributed by atoms with Crippen molar-refractivity contribution < 1.29 is 14.3 Å². The first-order valence-corrected chi connectivity index (χ1v) is 9.65. The van der Waals surface area contributed by atoms with Crippen LogP contribution < -0.4 is 10.4 Å². The van der Waals surface area contributed by atoms with E-state index in [2.05, 4.69) is 0 Å². The molecule has 4 aromatic rings. The van der Waals surface area contributed by atoms with Crippen molar-refractivity contribution in [3.05, 3.63) is 113 Å². The highest BCUT2D eigenvalue weighted by atomic mass is 16.6. The van der Waals surface area contributed by atoms with Crippen molar-refractivity contribution in [3.8, 4) is 5.75 Å². The van der Waals surface area contributed by atoms with Gasteiger partial charge < -0.3 is 14.3 Å². The standard InChI is InChI=1S/C25H22O4/c26-24(28-20-11-5-2-6-12-20)16-19(15-18-9-3-1-4-10-18)22-17-25(27)29-23-14-8-7-13-21(22)23/h1-14,17,19,24,26H,15-16H2. The Balaban J connectivity index is 1.68. The van der Waals surface area contributed by atoms with E-state index < -0.39 is 11.9 Å². The molecule has 4 nitrogen and oxygen atoms in total. The lowest BCUT2D eigenvalue weighted by Gasteiger charge is -2.22. The smallest absolute Gasteiger partial charge is 0.336 e. The summed E-state index contributed by atoms with van der Waals surface area (Å²) in [5.41, 5.74) is 2.14. The Morgan fingerprint density at radius 1 is 0.862 bits per heavy atom. The lowest BCUT2D eigenvalue weighted by molar-refractivity contribution is -0.0279. The number of ether oxygens (including phenoxy) is 1. The van der Waals surface area contributed by atoms with Crippen LogP contribution >= 0.6 is 0 Å². The zero-order valence-corrected chi connectivity index (χ0v) is 15.9. The Morgan fingerprint density at radius 3 is 2.28 bits per heavy atom. The van der Waals surface area contributed by atoms with Crippen molar-refractivity contribution >= 4 is 11.0 Å². The van der Waals surface area contributed by atoms with E-state index in [0.717, 1.165) is 16.5 Å². The van der Waals surface area contributed by atoms with Crippen molar-refractivity contribution in [2.24, 2.45) is 0 Å². The Bertz CT molecular complexity index is 1120. The minimum atomic E-state index is -1.00. The predicted octanol–water partition coefficient (Wildman–Crippen LogP) is 4.91. The Hall–Kier alpha value is -3.37. The van der Waals surface area contributed by atoms with Crippen LogP contribution in [0.2, 0.25) is 0 Å². The molecule has 2 unspecified atom stereocenters. The number of benzene rings is 3. The molecule has 146 valence electrons. The van der Waals surface area contributed by atoms with Crippen molar-refractivity contribution in [1.29, 1.82) is 0 Å². The highest BCUT2D eigenvalue weighted by Gasteiger charge is 2.22. The molecular weight excluding hydrogens is 364 g/mol. The van der Waals surface area contributed by atoms with Gasteiger partial charge in [0.25, 0.3) is 0 Å². The summed E-state index contributed by atoms with van der Waals surface area (Å²) in [6.07, 6.45) is 0.0120. The molecule has 4 rings (SSSR count). The molecule has 1 aromatic heterocycles. The second kappa shape index (κ2) is 8.76. The van der Waals surface area contributed by atoms with Gasteiger partial charge >= 0.3 is 5.63 Å². The van der Waals surface area contributed by atoms with Crippen LogP contribution in [0.1, 0.15) is 23.5 Å². The number of aliphatic hydroxyl groups excluding tert-OH is 1. The minimum absolute atomic E-state index is 0.120. The minimum Gasteiger partial charge on any atom is -0.465 e. The van der Waals surface area contributed by atoms with Gasteiger partial charge in [-0.25, -0.2) is 4.79 Å². The van der Waals surface area contributed by atoms with Gasteiger partial charge in [-0.05, 0) is 41.7 Å². The molecule has 0 radical (unpaired) electrons. The molecule has 2 atom stereocenters. The maximum Gasteiger partial charge on any atom is 0.336 e. The van der Waals surface area contributed by atoms with Crippen LogP contribution in [-0.2, 0) is 6.42 Å². The normalized spacial score (nSPS) is 13.1. The zero-order chi connectivity index (χ0) is 20.1. The summed E-state index contributed by atoms with van der Waals surface area (Å²) < 4.78 is 11.1. The number of fused-ring (bicyclic) bond motifs is 1. The second-order valence-electron chi connectivity index (χ2n) is 7.02. The quantitative estimate of drug-likeness (QED) is 0.362. The van der Waals surface area contributed by atoms with Crippen molar-refractivity contribution in [2.75, 3.05) is 0 Å². The Labute approximate surface area is 169 Å². The molecule has 0 fully saturated rings. The van der Waals surface area contributed by atoms with E-state index in [1.165, 1.54) is 6.07 Å². The summed E-state index contributed by atoms with van der Waals surface area (Å²) in [7, 11) is 0. The molecule has 0 bridgehead atoms. The fourth-order valence-electron chi connectivity index (χ4n) is 3.64. The summed E-state index contributed by atoms with van der Waals surface area (Å²) in [5, 5.41) is 11.5. The molecule has 0 aliphatic carbocycles. The fourth-order valence-corrected chi connectivity index (χ4v) is 3.64. The van der Waals surface area contributed by atoms with Crippen LogP contribution in [0.4, 0.5) is 0 Å². The molecule has 0 amide bonds. The van der Waals surface area contributed by atoms with Crippen LogP contribution in [0, 0.1) is 0 Å². The average Bonchev–Trinajstić information content (AvgIpc) is 2.74. The highest BCUT2D eigenvalue weighted by molar-refractivity contribution is 5.80. The van der Waals surface area contributed by atoms with Gasteiger partial charge in [0.05, 0.1) is 0 Å². The molecule has 0 saturated carbocycles. The number of rotatable bonds is 7. The summed E-state index contributed by atoms with van der Waals surface area (Å²) in [6.45, 7) is 0. The summed E-state index contributed by atoms with van der Waals surface area (Å²) in [6, 6.07) is 28.3. The van der Waals surface area contributed by atoms with E-state index in [-0.39, 0.29) is 5.92 Å². The van der Waals surface area contributed by atoms with E-state index in [1.807, 2.05) is 78.9 Å². The van der Waals surface area contributed by atoms with E-state index in [1.54, 1.807) is 6.07 Å². The Morgan fingerprint density at radius 2 is 1.52 bits per heavy atom. The number of aliphatic hydroxyl groups is 1. The first-order valence-electron chi connectivity index (χ1n) is 9.65. The number of hydrogen-bond acceptors (Lipinski definition) is 4. The highest BCUT2D eigenvalue weighted by Crippen LogP contribution is 2.31. The van der Waals surface area contributed by atoms with Gasteiger partial charge in [-0.1, -0.05) is 66.7 Å². The van der Waals surface area contributed by atoms with Crippen molar-refractivity contribution in [3.63, 3.8) is 0 Å². The van der Waals surface area contributed by atoms with Gasteiger partial charge in [0.1, 0.15) is 11.3 Å². The van der Waals surface area contributed by atoms with Crippen LogP contribution in [0.3, 0.4) is 0 Å². The SMILES string of the molecule is O=c1cc(C(Cc2ccccc2)CC(O)Oc2ccccc2)c2ccccc2o1. The largest absolute Gasteiger partial charge is 0.465 e. The van der Waals surface area contributed by atoms with Crippen LogP contribution in [0.25, 0.3) is 11.0 Å². The third-order valence-corrected chi connectivity index (χ3v) is 4.95. The molecule has 0 aliphatic heterocycles. The van der Waals surface area contributed by atoms with Gasteiger partial charge in [-0.15, -0.1) is 0 Å². The number of para-hydroxylation sites is 2. The molecule has 3 aromatic carbocycles. The number of hydrogen-bond donors (Lipinski definition) is 1. The molecule has 1 heterocycles. The first kappa shape index (κ1) is 19.0. The van der Waals surface area contributed by atoms with Gasteiger partial charge in [-0.2, -0.15) is 0 Å². The molecule has 4 heteroatoms. The van der Waals surface area contributed by atoms with Gasteiger partial charge in [0.15, 0.2) is 6.29 Å². The van der Waals surface area contributed by atoms with E-state index >= 15 is 0 Å². The van der Waals surface area contributed by atoms with Gasteiger partial charge in [0, 0.05) is 17.9 Å². The molecule has 0 spiro atoms. The lowest BCUT2D eigenvalue weighted by Crippen LogP contribution is -2.21. The first-order chi connectivity index (χ1) is 14.2. The third-order valence-electron chi connectivity index (χ3n) is 4.95. The fraction of sp³-hybridized carbons (Fsp3) is 0.160. The van der Waals surface area contributed by atoms with E-state index in [4.69, 9.17) is 9.15 Å². The lowest BCUT2D eigenvalue weighted by atomic mass is 9.87. The van der Waals surface area contributed by atoms with Crippen LogP contribution in [0.15, 0.2) is 100 Å².